The van der Waals surface area contributed by atoms with Gasteiger partial charge in [0.05, 0.1) is 4.90 Å². The number of sulfonamides is 1. The molecule has 7 heteroatoms. The Labute approximate surface area is 108 Å². The number of nitrogen functional groups attached to an aromatic ring is 1. The lowest BCUT2D eigenvalue weighted by Gasteiger charge is -2.06. The Morgan fingerprint density at radius 2 is 2.17 bits per heavy atom. The summed E-state index contributed by atoms with van der Waals surface area (Å²) in [6.45, 7) is 1.11. The maximum Gasteiger partial charge on any atom is 0.240 e. The number of anilines is 1. The summed E-state index contributed by atoms with van der Waals surface area (Å²) < 4.78 is 31.1. The van der Waals surface area contributed by atoms with E-state index in [1.54, 1.807) is 7.11 Å². The lowest BCUT2D eigenvalue weighted by Crippen LogP contribution is -2.25. The molecule has 1 rings (SSSR count). The third-order valence-electron chi connectivity index (χ3n) is 2.38. The fraction of sp³-hybridized carbons (Fsp3) is 0.545. The Kier molecular flexibility index (Phi) is 6.03. The highest BCUT2D eigenvalue weighted by molar-refractivity contribution is 7.89. The van der Waals surface area contributed by atoms with Gasteiger partial charge in [0, 0.05) is 32.5 Å². The van der Waals surface area contributed by atoms with Gasteiger partial charge < -0.3 is 10.5 Å². The van der Waals surface area contributed by atoms with Gasteiger partial charge in [-0.25, -0.2) is 18.1 Å². The molecule has 0 radical (unpaired) electrons. The van der Waals surface area contributed by atoms with Gasteiger partial charge in [0.15, 0.2) is 0 Å². The van der Waals surface area contributed by atoms with E-state index in [0.717, 1.165) is 19.3 Å². The highest BCUT2D eigenvalue weighted by atomic mass is 32.2. The maximum absolute atomic E-state index is 11.9. The van der Waals surface area contributed by atoms with Gasteiger partial charge in [0.2, 0.25) is 10.0 Å². The summed E-state index contributed by atoms with van der Waals surface area (Å²) in [5.74, 6) is 0.193. The van der Waals surface area contributed by atoms with Gasteiger partial charge in [-0.1, -0.05) is 0 Å². The standard InChI is InChI=1S/C11H19N3O3S/c1-17-8-4-2-3-6-14-18(15,16)10-5-7-13-11(12)9-10/h5,7,9,14H,2-4,6,8H2,1H3,(H2,12,13). The number of pyridine rings is 1. The molecule has 3 N–H and O–H groups in total. The van der Waals surface area contributed by atoms with Crippen LogP contribution in [-0.4, -0.2) is 33.7 Å². The summed E-state index contributed by atoms with van der Waals surface area (Å²) in [5.41, 5.74) is 5.45. The first-order chi connectivity index (χ1) is 8.56. The molecule has 0 aromatic carbocycles. The number of hydrogen-bond donors (Lipinski definition) is 2. The van der Waals surface area contributed by atoms with Crippen LogP contribution in [0.5, 0.6) is 0 Å². The third-order valence-corrected chi connectivity index (χ3v) is 3.84. The Balaban J connectivity index is 2.41. The van der Waals surface area contributed by atoms with Crippen LogP contribution in [0, 0.1) is 0 Å². The molecule has 1 aromatic rings. The Bertz CT molecular complexity index is 462. The zero-order chi connectivity index (χ0) is 13.4. The van der Waals surface area contributed by atoms with Crippen molar-refractivity contribution in [3.63, 3.8) is 0 Å². The number of nitrogens with two attached hydrogens (primary N) is 1. The average molecular weight is 273 g/mol. The minimum atomic E-state index is -3.48. The van der Waals surface area contributed by atoms with Gasteiger partial charge in [-0.3, -0.25) is 0 Å². The van der Waals surface area contributed by atoms with Crippen LogP contribution < -0.4 is 10.5 Å². The average Bonchev–Trinajstić information content (AvgIpc) is 2.33. The second kappa shape index (κ2) is 7.30. The number of hydrogen-bond acceptors (Lipinski definition) is 5. The van der Waals surface area contributed by atoms with Crippen LogP contribution in [0.25, 0.3) is 0 Å². The normalized spacial score (nSPS) is 11.6. The lowest BCUT2D eigenvalue weighted by atomic mass is 10.2. The van der Waals surface area contributed by atoms with Crippen molar-refractivity contribution in [3.8, 4) is 0 Å². The van der Waals surface area contributed by atoms with Crippen molar-refractivity contribution in [1.82, 2.24) is 9.71 Å². The van der Waals surface area contributed by atoms with Gasteiger partial charge in [-0.05, 0) is 25.3 Å². The molecule has 1 aromatic heterocycles. The van der Waals surface area contributed by atoms with E-state index in [9.17, 15) is 8.42 Å². The number of aromatic nitrogens is 1. The maximum atomic E-state index is 11.9. The monoisotopic (exact) mass is 273 g/mol. The second-order valence-electron chi connectivity index (χ2n) is 3.87. The Hall–Kier alpha value is -1.18. The first-order valence-corrected chi connectivity index (χ1v) is 7.25. The molecule has 0 spiro atoms. The zero-order valence-electron chi connectivity index (χ0n) is 10.4. The second-order valence-corrected chi connectivity index (χ2v) is 5.63. The van der Waals surface area contributed by atoms with Crippen LogP contribution >= 0.6 is 0 Å². The molecular weight excluding hydrogens is 254 g/mol. The summed E-state index contributed by atoms with van der Waals surface area (Å²) in [6.07, 6.45) is 4.01. The molecule has 0 bridgehead atoms. The molecule has 102 valence electrons. The summed E-state index contributed by atoms with van der Waals surface area (Å²) in [7, 11) is -1.83. The lowest BCUT2D eigenvalue weighted by molar-refractivity contribution is 0.192. The first kappa shape index (κ1) is 14.9. The molecule has 0 aliphatic heterocycles. The van der Waals surface area contributed by atoms with Crippen LogP contribution in [0.4, 0.5) is 5.82 Å². The molecule has 0 atom stereocenters. The number of unbranched alkanes of at least 4 members (excludes halogenated alkanes) is 2. The molecule has 0 amide bonds. The van der Waals surface area contributed by atoms with E-state index in [0.29, 0.717) is 13.2 Å². The minimum Gasteiger partial charge on any atom is -0.385 e. The van der Waals surface area contributed by atoms with Crippen LogP contribution in [0.15, 0.2) is 23.2 Å². The minimum absolute atomic E-state index is 0.145. The van der Waals surface area contributed by atoms with E-state index in [1.165, 1.54) is 18.3 Å². The molecule has 0 fully saturated rings. The smallest absolute Gasteiger partial charge is 0.240 e. The third kappa shape index (κ3) is 4.99. The number of methoxy groups -OCH3 is 1. The topological polar surface area (TPSA) is 94.3 Å². The van der Waals surface area contributed by atoms with Crippen molar-refractivity contribution in [2.75, 3.05) is 26.0 Å². The summed E-state index contributed by atoms with van der Waals surface area (Å²) in [5, 5.41) is 0. The summed E-state index contributed by atoms with van der Waals surface area (Å²) >= 11 is 0. The van der Waals surface area contributed by atoms with E-state index in [1.807, 2.05) is 0 Å². The molecule has 0 saturated carbocycles. The van der Waals surface area contributed by atoms with Crippen molar-refractivity contribution >= 4 is 15.8 Å². The van der Waals surface area contributed by atoms with Crippen molar-refractivity contribution < 1.29 is 13.2 Å². The van der Waals surface area contributed by atoms with Gasteiger partial charge in [-0.15, -0.1) is 0 Å². The van der Waals surface area contributed by atoms with Crippen LogP contribution in [0.1, 0.15) is 19.3 Å². The highest BCUT2D eigenvalue weighted by Gasteiger charge is 2.13. The number of rotatable bonds is 8. The van der Waals surface area contributed by atoms with Crippen molar-refractivity contribution in [2.45, 2.75) is 24.2 Å². The molecule has 0 saturated heterocycles. The molecule has 0 unspecified atom stereocenters. The van der Waals surface area contributed by atoms with E-state index in [-0.39, 0.29) is 10.7 Å². The van der Waals surface area contributed by atoms with Gasteiger partial charge >= 0.3 is 0 Å². The van der Waals surface area contributed by atoms with Crippen molar-refractivity contribution in [2.24, 2.45) is 0 Å². The zero-order valence-corrected chi connectivity index (χ0v) is 11.2. The Morgan fingerprint density at radius 1 is 1.39 bits per heavy atom. The van der Waals surface area contributed by atoms with Gasteiger partial charge in [-0.2, -0.15) is 0 Å². The van der Waals surface area contributed by atoms with Crippen LogP contribution in [0.2, 0.25) is 0 Å². The number of nitrogens with one attached hydrogen (secondary N) is 1. The number of nitrogens with zero attached hydrogens (tertiary/aromatic N) is 1. The highest BCUT2D eigenvalue weighted by Crippen LogP contribution is 2.10. The van der Waals surface area contributed by atoms with Crippen LogP contribution in [-0.2, 0) is 14.8 Å². The van der Waals surface area contributed by atoms with E-state index in [2.05, 4.69) is 9.71 Å². The first-order valence-electron chi connectivity index (χ1n) is 5.76. The van der Waals surface area contributed by atoms with Gasteiger partial charge in [0.25, 0.3) is 0 Å². The molecule has 6 nitrogen and oxygen atoms in total. The van der Waals surface area contributed by atoms with Crippen molar-refractivity contribution in [1.29, 1.82) is 0 Å². The predicted octanol–water partition coefficient (Wildman–Crippen LogP) is 0.759. The predicted molar refractivity (Wildman–Crippen MR) is 69.6 cm³/mol. The largest absolute Gasteiger partial charge is 0.385 e. The molecule has 1 heterocycles. The summed E-state index contributed by atoms with van der Waals surface area (Å²) in [4.78, 5) is 3.90. The molecular formula is C11H19N3O3S. The quantitative estimate of drug-likeness (QED) is 0.682. The molecule has 0 aliphatic rings. The Morgan fingerprint density at radius 3 is 2.83 bits per heavy atom. The molecule has 18 heavy (non-hydrogen) atoms. The SMILES string of the molecule is COCCCCCNS(=O)(=O)c1ccnc(N)c1. The van der Waals surface area contributed by atoms with E-state index >= 15 is 0 Å². The van der Waals surface area contributed by atoms with Crippen LogP contribution in [0.3, 0.4) is 0 Å². The molecule has 0 aliphatic carbocycles. The van der Waals surface area contributed by atoms with Gasteiger partial charge in [0.1, 0.15) is 5.82 Å². The fourth-order valence-corrected chi connectivity index (χ4v) is 2.53. The van der Waals surface area contributed by atoms with E-state index < -0.39 is 10.0 Å². The summed E-state index contributed by atoms with van der Waals surface area (Å²) in [6, 6.07) is 2.76. The fourth-order valence-electron chi connectivity index (χ4n) is 1.43. The number of ether oxygens (including phenoxy) is 1. The van der Waals surface area contributed by atoms with Crippen molar-refractivity contribution in [3.05, 3.63) is 18.3 Å². The van der Waals surface area contributed by atoms with E-state index in [4.69, 9.17) is 10.5 Å².